The molecule has 1 aromatic rings. The predicted octanol–water partition coefficient (Wildman–Crippen LogP) is 2.17. The second-order valence-corrected chi connectivity index (χ2v) is 5.40. The van der Waals surface area contributed by atoms with Gasteiger partial charge in [-0.15, -0.1) is 10.2 Å². The number of carbonyl (C=O) groups is 1. The maximum Gasteiger partial charge on any atom is 0.274 e. The monoisotopic (exact) mass is 262 g/mol. The van der Waals surface area contributed by atoms with Crippen molar-refractivity contribution in [3.05, 3.63) is 17.8 Å². The molecule has 1 aromatic heterocycles. The molecular weight excluding hydrogens is 240 g/mol. The van der Waals surface area contributed by atoms with E-state index in [1.165, 1.54) is 12.8 Å². The van der Waals surface area contributed by atoms with E-state index in [1.54, 1.807) is 19.2 Å². The number of anilines is 1. The molecule has 1 aliphatic carbocycles. The summed E-state index contributed by atoms with van der Waals surface area (Å²) in [5.74, 6) is 1.34. The number of hydrogen-bond donors (Lipinski definition) is 1. The third-order valence-corrected chi connectivity index (χ3v) is 3.92. The lowest BCUT2D eigenvalue weighted by molar-refractivity contribution is 0.0665. The first-order chi connectivity index (χ1) is 9.11. The van der Waals surface area contributed by atoms with Gasteiger partial charge in [-0.2, -0.15) is 0 Å². The van der Waals surface area contributed by atoms with Crippen LogP contribution >= 0.6 is 0 Å². The molecule has 2 unspecified atom stereocenters. The van der Waals surface area contributed by atoms with Crippen molar-refractivity contribution in [2.45, 2.75) is 38.6 Å². The molecule has 1 amide bonds. The minimum absolute atomic E-state index is 0.0331. The molecule has 0 saturated heterocycles. The number of hydrogen-bond acceptors (Lipinski definition) is 4. The number of carbonyl (C=O) groups excluding carboxylic acids is 1. The first kappa shape index (κ1) is 13.8. The van der Waals surface area contributed by atoms with E-state index in [-0.39, 0.29) is 5.91 Å². The third-order valence-electron chi connectivity index (χ3n) is 3.92. The molecule has 104 valence electrons. The Morgan fingerprint density at radius 3 is 2.74 bits per heavy atom. The van der Waals surface area contributed by atoms with Gasteiger partial charge < -0.3 is 10.2 Å². The van der Waals surface area contributed by atoms with Crippen molar-refractivity contribution in [3.63, 3.8) is 0 Å². The van der Waals surface area contributed by atoms with Gasteiger partial charge in [0.1, 0.15) is 5.82 Å². The molecule has 1 N–H and O–H groups in total. The highest BCUT2D eigenvalue weighted by Crippen LogP contribution is 2.27. The summed E-state index contributed by atoms with van der Waals surface area (Å²) in [7, 11) is 3.65. The van der Waals surface area contributed by atoms with Crippen LogP contribution in [0.2, 0.25) is 0 Å². The van der Waals surface area contributed by atoms with Crippen molar-refractivity contribution in [1.29, 1.82) is 0 Å². The summed E-state index contributed by atoms with van der Waals surface area (Å²) < 4.78 is 0. The molecule has 0 bridgehead atoms. The second kappa shape index (κ2) is 5.99. The maximum atomic E-state index is 12.4. The van der Waals surface area contributed by atoms with Gasteiger partial charge in [0.05, 0.1) is 0 Å². The van der Waals surface area contributed by atoms with E-state index in [9.17, 15) is 4.79 Å². The van der Waals surface area contributed by atoms with Crippen molar-refractivity contribution in [3.8, 4) is 0 Å². The molecule has 2 rings (SSSR count). The Bertz CT molecular complexity index is 432. The molecule has 1 fully saturated rings. The average Bonchev–Trinajstić information content (AvgIpc) is 2.46. The van der Waals surface area contributed by atoms with Gasteiger partial charge in [0, 0.05) is 20.1 Å². The van der Waals surface area contributed by atoms with E-state index in [2.05, 4.69) is 22.4 Å². The van der Waals surface area contributed by atoms with E-state index in [4.69, 9.17) is 0 Å². The number of rotatable bonds is 3. The molecule has 5 nitrogen and oxygen atoms in total. The van der Waals surface area contributed by atoms with Gasteiger partial charge in [-0.1, -0.05) is 19.8 Å². The smallest absolute Gasteiger partial charge is 0.274 e. The molecule has 19 heavy (non-hydrogen) atoms. The summed E-state index contributed by atoms with van der Waals surface area (Å²) >= 11 is 0. The summed E-state index contributed by atoms with van der Waals surface area (Å²) in [5.41, 5.74) is 0.416. The summed E-state index contributed by atoms with van der Waals surface area (Å²) in [6, 6.07) is 3.84. The van der Waals surface area contributed by atoms with E-state index >= 15 is 0 Å². The Balaban J connectivity index is 2.05. The molecular formula is C14H22N4O. The fraction of sp³-hybridized carbons (Fsp3) is 0.643. The van der Waals surface area contributed by atoms with E-state index in [0.717, 1.165) is 12.8 Å². The van der Waals surface area contributed by atoms with Crippen LogP contribution in [0.3, 0.4) is 0 Å². The molecule has 1 aliphatic rings. The normalized spacial score (nSPS) is 22.9. The van der Waals surface area contributed by atoms with Crippen molar-refractivity contribution < 1.29 is 4.79 Å². The molecule has 0 radical (unpaired) electrons. The Kier molecular flexibility index (Phi) is 4.35. The van der Waals surface area contributed by atoms with E-state index in [0.29, 0.717) is 23.5 Å². The number of amides is 1. The second-order valence-electron chi connectivity index (χ2n) is 5.40. The van der Waals surface area contributed by atoms with Crippen molar-refractivity contribution in [1.82, 2.24) is 15.1 Å². The summed E-state index contributed by atoms with van der Waals surface area (Å²) in [4.78, 5) is 14.2. The Morgan fingerprint density at radius 1 is 1.37 bits per heavy atom. The van der Waals surface area contributed by atoms with Crippen LogP contribution in [0.25, 0.3) is 0 Å². The highest BCUT2D eigenvalue weighted by Gasteiger charge is 2.26. The van der Waals surface area contributed by atoms with Gasteiger partial charge in [-0.3, -0.25) is 4.79 Å². The van der Waals surface area contributed by atoms with Crippen LogP contribution in [-0.4, -0.2) is 41.1 Å². The largest absolute Gasteiger partial charge is 0.372 e. The van der Waals surface area contributed by atoms with Crippen molar-refractivity contribution in [2.24, 2.45) is 5.92 Å². The Morgan fingerprint density at radius 2 is 2.16 bits per heavy atom. The lowest BCUT2D eigenvalue weighted by Gasteiger charge is -2.33. The van der Waals surface area contributed by atoms with Crippen molar-refractivity contribution >= 4 is 11.7 Å². The molecule has 5 heteroatoms. The lowest BCUT2D eigenvalue weighted by Crippen LogP contribution is -2.40. The zero-order chi connectivity index (χ0) is 13.8. The summed E-state index contributed by atoms with van der Waals surface area (Å²) in [6.45, 7) is 2.26. The molecule has 1 heterocycles. The quantitative estimate of drug-likeness (QED) is 0.907. The first-order valence-corrected chi connectivity index (χ1v) is 6.90. The lowest BCUT2D eigenvalue weighted by atomic mass is 9.86. The van der Waals surface area contributed by atoms with E-state index < -0.39 is 0 Å². The van der Waals surface area contributed by atoms with Gasteiger partial charge in [0.25, 0.3) is 5.91 Å². The van der Waals surface area contributed by atoms with Crippen LogP contribution in [0.5, 0.6) is 0 Å². The molecule has 0 aromatic carbocycles. The minimum atomic E-state index is -0.0331. The first-order valence-electron chi connectivity index (χ1n) is 6.90. The SMILES string of the molecule is CNc1ccc(C(=O)N(C)C2CCCC(C)C2)nn1. The zero-order valence-electron chi connectivity index (χ0n) is 11.9. The molecule has 1 saturated carbocycles. The van der Waals surface area contributed by atoms with E-state index in [1.807, 2.05) is 11.9 Å². The zero-order valence-corrected chi connectivity index (χ0v) is 11.9. The number of nitrogens with zero attached hydrogens (tertiary/aromatic N) is 3. The summed E-state index contributed by atoms with van der Waals surface area (Å²) in [5, 5.41) is 10.8. The number of aromatic nitrogens is 2. The fourth-order valence-corrected chi connectivity index (χ4v) is 2.68. The minimum Gasteiger partial charge on any atom is -0.372 e. The predicted molar refractivity (Wildman–Crippen MR) is 75.1 cm³/mol. The molecule has 2 atom stereocenters. The highest BCUT2D eigenvalue weighted by molar-refractivity contribution is 5.92. The van der Waals surface area contributed by atoms with Gasteiger partial charge >= 0.3 is 0 Å². The van der Waals surface area contributed by atoms with Crippen LogP contribution in [0.15, 0.2) is 12.1 Å². The van der Waals surface area contributed by atoms with Crippen molar-refractivity contribution in [2.75, 3.05) is 19.4 Å². The third kappa shape index (κ3) is 3.22. The Labute approximate surface area is 114 Å². The van der Waals surface area contributed by atoms with Crippen LogP contribution < -0.4 is 5.32 Å². The molecule has 0 spiro atoms. The van der Waals surface area contributed by atoms with Gasteiger partial charge in [0.2, 0.25) is 0 Å². The van der Waals surface area contributed by atoms with Crippen LogP contribution in [0.1, 0.15) is 43.1 Å². The highest BCUT2D eigenvalue weighted by atomic mass is 16.2. The van der Waals surface area contributed by atoms with Gasteiger partial charge in [-0.25, -0.2) is 0 Å². The Hall–Kier alpha value is -1.65. The van der Waals surface area contributed by atoms with Gasteiger partial charge in [0.15, 0.2) is 5.69 Å². The van der Waals surface area contributed by atoms with Crippen LogP contribution in [-0.2, 0) is 0 Å². The number of nitrogens with one attached hydrogen (secondary N) is 1. The van der Waals surface area contributed by atoms with Crippen LogP contribution in [0, 0.1) is 5.92 Å². The average molecular weight is 262 g/mol. The van der Waals surface area contributed by atoms with Crippen LogP contribution in [0.4, 0.5) is 5.82 Å². The summed E-state index contributed by atoms with van der Waals surface area (Å²) in [6.07, 6.45) is 4.65. The molecule has 0 aliphatic heterocycles. The van der Waals surface area contributed by atoms with Gasteiger partial charge in [-0.05, 0) is 30.9 Å². The topological polar surface area (TPSA) is 58.1 Å². The maximum absolute atomic E-state index is 12.4. The fourth-order valence-electron chi connectivity index (χ4n) is 2.68. The standard InChI is InChI=1S/C14H22N4O/c1-10-5-4-6-11(9-10)18(3)14(19)12-7-8-13(15-2)17-16-12/h7-8,10-11H,4-6,9H2,1-3H3,(H,15,17).